The fraction of sp³-hybridized carbons (Fsp3) is 0.0833. The van der Waals surface area contributed by atoms with Crippen molar-refractivity contribution in [2.45, 2.75) is 12.5 Å². The largest absolute Gasteiger partial charge is 0.480 e. The summed E-state index contributed by atoms with van der Waals surface area (Å²) in [6.45, 7) is 0. The third kappa shape index (κ3) is 4.10. The molecule has 29 heavy (non-hydrogen) atoms. The molecule has 4 nitrogen and oxygen atoms in total. The van der Waals surface area contributed by atoms with Crippen LogP contribution in [0.15, 0.2) is 78.9 Å². The average Bonchev–Trinajstić information content (AvgIpc) is 2.71. The molecule has 4 aromatic carbocycles. The predicted octanol–water partition coefficient (Wildman–Crippen LogP) is 5.02. The quantitative estimate of drug-likeness (QED) is 0.302. The molecule has 0 saturated heterocycles. The molecule has 144 valence electrons. The number of aliphatic carboxylic acids is 1. The van der Waals surface area contributed by atoms with Gasteiger partial charge in [-0.1, -0.05) is 60.7 Å². The van der Waals surface area contributed by atoms with Crippen LogP contribution in [0.25, 0.3) is 21.5 Å². The van der Waals surface area contributed by atoms with Gasteiger partial charge in [-0.05, 0) is 67.9 Å². The zero-order valence-electron chi connectivity index (χ0n) is 15.4. The fourth-order valence-electron chi connectivity index (χ4n) is 3.59. The van der Waals surface area contributed by atoms with Crippen LogP contribution in [-0.2, 0) is 11.2 Å². The highest BCUT2D eigenvalue weighted by Gasteiger charge is 2.23. The number of carbonyl (C=O) groups excluding carboxylic acids is 1. The Morgan fingerprint density at radius 3 is 2.07 bits per heavy atom. The lowest BCUT2D eigenvalue weighted by molar-refractivity contribution is -0.139. The Bertz CT molecular complexity index is 1180. The van der Waals surface area contributed by atoms with Crippen LogP contribution in [0.1, 0.15) is 15.9 Å². The summed E-state index contributed by atoms with van der Waals surface area (Å²) in [7, 11) is 0. The van der Waals surface area contributed by atoms with E-state index in [0.717, 1.165) is 30.7 Å². The van der Waals surface area contributed by atoms with Crippen molar-refractivity contribution in [1.82, 2.24) is 5.32 Å². The van der Waals surface area contributed by atoms with Crippen molar-refractivity contribution in [3.8, 4) is 0 Å². The Morgan fingerprint density at radius 1 is 0.862 bits per heavy atom. The molecule has 2 N–H and O–H groups in total. The molecule has 1 amide bonds. The summed E-state index contributed by atoms with van der Waals surface area (Å²) in [6.07, 6.45) is 0.223. The number of fused-ring (bicyclic) bond motifs is 2. The van der Waals surface area contributed by atoms with Crippen LogP contribution in [0.2, 0.25) is 0 Å². The number of carboxylic acid groups (broad SMARTS) is 1. The summed E-state index contributed by atoms with van der Waals surface area (Å²) in [4.78, 5) is 25.1. The molecule has 0 aromatic heterocycles. The van der Waals surface area contributed by atoms with Gasteiger partial charge in [0.25, 0.3) is 5.91 Å². The van der Waals surface area contributed by atoms with Gasteiger partial charge in [0.2, 0.25) is 0 Å². The van der Waals surface area contributed by atoms with Crippen molar-refractivity contribution in [3.63, 3.8) is 0 Å². The van der Waals surface area contributed by atoms with E-state index in [9.17, 15) is 14.7 Å². The maximum absolute atomic E-state index is 13.3. The minimum Gasteiger partial charge on any atom is -0.480 e. The number of carboxylic acids is 1. The molecule has 0 radical (unpaired) electrons. The molecule has 0 unspecified atom stereocenters. The number of rotatable bonds is 5. The molecule has 0 heterocycles. The SMILES string of the molecule is O=C(N[C@@H](Cc1cccc(I)c1)C(=O)O)c1c2ccccc2cc2ccccc12. The van der Waals surface area contributed by atoms with Gasteiger partial charge in [-0.2, -0.15) is 0 Å². The summed E-state index contributed by atoms with van der Waals surface area (Å²) in [6, 6.07) is 24.0. The van der Waals surface area contributed by atoms with E-state index in [1.165, 1.54) is 0 Å². The number of hydrogen-bond acceptors (Lipinski definition) is 2. The van der Waals surface area contributed by atoms with Crippen LogP contribution in [0, 0.1) is 3.57 Å². The molecule has 0 aliphatic heterocycles. The van der Waals surface area contributed by atoms with Gasteiger partial charge < -0.3 is 10.4 Å². The molecule has 0 fully saturated rings. The molecule has 0 aliphatic rings. The summed E-state index contributed by atoms with van der Waals surface area (Å²) < 4.78 is 1.02. The van der Waals surface area contributed by atoms with E-state index in [0.29, 0.717) is 5.56 Å². The lowest BCUT2D eigenvalue weighted by Gasteiger charge is -2.17. The lowest BCUT2D eigenvalue weighted by Crippen LogP contribution is -2.42. The molecular formula is C24H18INO3. The van der Waals surface area contributed by atoms with Gasteiger partial charge in [-0.25, -0.2) is 4.79 Å². The van der Waals surface area contributed by atoms with Gasteiger partial charge in [0.15, 0.2) is 0 Å². The van der Waals surface area contributed by atoms with Crippen molar-refractivity contribution < 1.29 is 14.7 Å². The number of nitrogens with one attached hydrogen (secondary N) is 1. The van der Waals surface area contributed by atoms with Gasteiger partial charge >= 0.3 is 5.97 Å². The molecule has 0 saturated carbocycles. The molecule has 4 rings (SSSR count). The van der Waals surface area contributed by atoms with Crippen molar-refractivity contribution in [3.05, 3.63) is 93.6 Å². The Kier molecular flexibility index (Phi) is 5.49. The minimum atomic E-state index is -1.05. The second-order valence-corrected chi connectivity index (χ2v) is 8.14. The Hall–Kier alpha value is -2.93. The summed E-state index contributed by atoms with van der Waals surface area (Å²) in [5.74, 6) is -1.43. The van der Waals surface area contributed by atoms with Crippen molar-refractivity contribution in [2.75, 3.05) is 0 Å². The van der Waals surface area contributed by atoms with E-state index in [1.807, 2.05) is 78.9 Å². The first-order valence-electron chi connectivity index (χ1n) is 9.21. The van der Waals surface area contributed by atoms with Gasteiger partial charge in [0.1, 0.15) is 6.04 Å². The summed E-state index contributed by atoms with van der Waals surface area (Å²) in [5.41, 5.74) is 1.37. The molecule has 0 aliphatic carbocycles. The van der Waals surface area contributed by atoms with Gasteiger partial charge in [0, 0.05) is 9.99 Å². The molecule has 0 bridgehead atoms. The standard InChI is InChI=1S/C24H18INO3/c25-18-9-5-6-15(12-18)13-21(24(28)29)26-23(27)22-19-10-3-1-7-16(19)14-17-8-2-4-11-20(17)22/h1-12,14,21H,13H2,(H,26,27)(H,28,29)/t21-/m0/s1. The highest BCUT2D eigenvalue weighted by atomic mass is 127. The van der Waals surface area contributed by atoms with Gasteiger partial charge in [-0.15, -0.1) is 0 Å². The first-order chi connectivity index (χ1) is 14.0. The maximum atomic E-state index is 13.3. The van der Waals surface area contributed by atoms with Crippen molar-refractivity contribution >= 4 is 56.0 Å². The van der Waals surface area contributed by atoms with Crippen LogP contribution < -0.4 is 5.32 Å². The highest BCUT2D eigenvalue weighted by molar-refractivity contribution is 14.1. The third-order valence-electron chi connectivity index (χ3n) is 4.93. The number of amides is 1. The molecule has 1 atom stereocenters. The van der Waals surface area contributed by atoms with Crippen LogP contribution in [0.4, 0.5) is 0 Å². The number of halogens is 1. The molecule has 0 spiro atoms. The summed E-state index contributed by atoms with van der Waals surface area (Å²) >= 11 is 2.19. The second kappa shape index (κ2) is 8.21. The Labute approximate surface area is 181 Å². The van der Waals surface area contributed by atoms with Gasteiger partial charge in [0.05, 0.1) is 5.56 Å². The van der Waals surface area contributed by atoms with E-state index < -0.39 is 12.0 Å². The Morgan fingerprint density at radius 2 is 1.48 bits per heavy atom. The fourth-order valence-corrected chi connectivity index (χ4v) is 4.20. The van der Waals surface area contributed by atoms with E-state index in [-0.39, 0.29) is 12.3 Å². The normalized spacial score (nSPS) is 12.0. The van der Waals surface area contributed by atoms with E-state index in [4.69, 9.17) is 0 Å². The molecule has 4 aromatic rings. The first-order valence-corrected chi connectivity index (χ1v) is 10.3. The molecule has 5 heteroatoms. The zero-order chi connectivity index (χ0) is 20.4. The van der Waals surface area contributed by atoms with E-state index in [1.54, 1.807) is 0 Å². The number of benzene rings is 4. The highest BCUT2D eigenvalue weighted by Crippen LogP contribution is 2.28. The smallest absolute Gasteiger partial charge is 0.326 e. The van der Waals surface area contributed by atoms with Crippen LogP contribution in [0.5, 0.6) is 0 Å². The summed E-state index contributed by atoms with van der Waals surface area (Å²) in [5, 5.41) is 16.0. The number of hydrogen-bond donors (Lipinski definition) is 2. The maximum Gasteiger partial charge on any atom is 0.326 e. The predicted molar refractivity (Wildman–Crippen MR) is 123 cm³/mol. The van der Waals surface area contributed by atoms with Crippen LogP contribution >= 0.6 is 22.6 Å². The third-order valence-corrected chi connectivity index (χ3v) is 5.60. The minimum absolute atomic E-state index is 0.223. The van der Waals surface area contributed by atoms with E-state index >= 15 is 0 Å². The van der Waals surface area contributed by atoms with E-state index in [2.05, 4.69) is 27.9 Å². The number of carbonyl (C=O) groups is 2. The van der Waals surface area contributed by atoms with Crippen molar-refractivity contribution in [1.29, 1.82) is 0 Å². The second-order valence-electron chi connectivity index (χ2n) is 6.89. The van der Waals surface area contributed by atoms with Crippen LogP contribution in [-0.4, -0.2) is 23.0 Å². The first kappa shape index (κ1) is 19.4. The monoisotopic (exact) mass is 495 g/mol. The van der Waals surface area contributed by atoms with Gasteiger partial charge in [-0.3, -0.25) is 4.79 Å². The lowest BCUT2D eigenvalue weighted by atomic mass is 9.96. The average molecular weight is 495 g/mol. The van der Waals surface area contributed by atoms with Crippen LogP contribution in [0.3, 0.4) is 0 Å². The molecular weight excluding hydrogens is 477 g/mol. The van der Waals surface area contributed by atoms with Crippen molar-refractivity contribution in [2.24, 2.45) is 0 Å². The topological polar surface area (TPSA) is 66.4 Å². The zero-order valence-corrected chi connectivity index (χ0v) is 17.6. The Balaban J connectivity index is 1.74.